The maximum absolute atomic E-state index is 12.0. The highest BCUT2D eigenvalue weighted by Gasteiger charge is 2.41. The molecule has 0 heterocycles. The Labute approximate surface area is 118 Å². The summed E-state index contributed by atoms with van der Waals surface area (Å²) >= 11 is 6.93. The maximum atomic E-state index is 12.0. The SMILES string of the molecule is Cc1ccc(C(=O)NCC2(CBr)CC2)c(Br)c1. The zero-order valence-electron chi connectivity index (χ0n) is 9.72. The number of amides is 1. The van der Waals surface area contributed by atoms with E-state index in [9.17, 15) is 4.79 Å². The van der Waals surface area contributed by atoms with Crippen molar-refractivity contribution in [2.75, 3.05) is 11.9 Å². The molecule has 0 radical (unpaired) electrons. The van der Waals surface area contributed by atoms with E-state index in [0.717, 1.165) is 21.9 Å². The minimum Gasteiger partial charge on any atom is -0.351 e. The highest BCUT2D eigenvalue weighted by Crippen LogP contribution is 2.46. The topological polar surface area (TPSA) is 29.1 Å². The van der Waals surface area contributed by atoms with Crippen LogP contribution >= 0.6 is 31.9 Å². The third-order valence-corrected chi connectivity index (χ3v) is 5.08. The number of benzene rings is 1. The van der Waals surface area contributed by atoms with E-state index in [-0.39, 0.29) is 5.91 Å². The molecule has 0 atom stereocenters. The number of aryl methyl sites for hydroxylation is 1. The van der Waals surface area contributed by atoms with Crippen LogP contribution in [0.25, 0.3) is 0 Å². The molecule has 1 aromatic carbocycles. The highest BCUT2D eigenvalue weighted by molar-refractivity contribution is 9.10. The smallest absolute Gasteiger partial charge is 0.252 e. The Morgan fingerprint density at radius 1 is 1.47 bits per heavy atom. The average Bonchev–Trinajstić information content (AvgIpc) is 3.07. The summed E-state index contributed by atoms with van der Waals surface area (Å²) in [6.45, 7) is 2.77. The Morgan fingerprint density at radius 3 is 2.71 bits per heavy atom. The first-order valence-electron chi connectivity index (χ1n) is 5.67. The molecule has 0 aromatic heterocycles. The molecule has 1 aromatic rings. The van der Waals surface area contributed by atoms with Crippen LogP contribution in [0.5, 0.6) is 0 Å². The summed E-state index contributed by atoms with van der Waals surface area (Å²) in [5.41, 5.74) is 2.17. The van der Waals surface area contributed by atoms with E-state index >= 15 is 0 Å². The summed E-state index contributed by atoms with van der Waals surface area (Å²) in [5.74, 6) is 0.00380. The molecule has 1 saturated carbocycles. The lowest BCUT2D eigenvalue weighted by molar-refractivity contribution is 0.0946. The first-order valence-corrected chi connectivity index (χ1v) is 7.58. The lowest BCUT2D eigenvalue weighted by atomic mass is 10.1. The van der Waals surface area contributed by atoms with Crippen LogP contribution in [0.3, 0.4) is 0 Å². The molecule has 0 aliphatic heterocycles. The van der Waals surface area contributed by atoms with Gasteiger partial charge in [0.1, 0.15) is 0 Å². The molecule has 1 N–H and O–H groups in total. The van der Waals surface area contributed by atoms with Crippen molar-refractivity contribution in [3.63, 3.8) is 0 Å². The Hall–Kier alpha value is -0.350. The molecule has 92 valence electrons. The summed E-state index contributed by atoms with van der Waals surface area (Å²) in [4.78, 5) is 12.0. The molecule has 17 heavy (non-hydrogen) atoms. The van der Waals surface area contributed by atoms with Crippen LogP contribution in [0.15, 0.2) is 22.7 Å². The quantitative estimate of drug-likeness (QED) is 0.815. The second-order valence-corrected chi connectivity index (χ2v) is 6.21. The van der Waals surface area contributed by atoms with Gasteiger partial charge < -0.3 is 5.32 Å². The molecule has 1 aliphatic carbocycles. The van der Waals surface area contributed by atoms with Crippen molar-refractivity contribution in [3.8, 4) is 0 Å². The van der Waals surface area contributed by atoms with Crippen molar-refractivity contribution >= 4 is 37.8 Å². The summed E-state index contributed by atoms with van der Waals surface area (Å²) in [6, 6.07) is 5.78. The average molecular weight is 361 g/mol. The number of nitrogens with one attached hydrogen (secondary N) is 1. The van der Waals surface area contributed by atoms with Gasteiger partial charge >= 0.3 is 0 Å². The standard InChI is InChI=1S/C13H15Br2NO/c1-9-2-3-10(11(15)6-9)12(17)16-8-13(7-14)4-5-13/h2-3,6H,4-5,7-8H2,1H3,(H,16,17). The van der Waals surface area contributed by atoms with E-state index in [2.05, 4.69) is 37.2 Å². The van der Waals surface area contributed by atoms with Gasteiger partial charge in [0, 0.05) is 16.3 Å². The Kier molecular flexibility index (Phi) is 3.93. The summed E-state index contributed by atoms with van der Waals surface area (Å²) < 4.78 is 0.860. The highest BCUT2D eigenvalue weighted by atomic mass is 79.9. The van der Waals surface area contributed by atoms with E-state index in [1.807, 2.05) is 25.1 Å². The van der Waals surface area contributed by atoms with Crippen LogP contribution in [0, 0.1) is 12.3 Å². The first kappa shape index (κ1) is 13.1. The number of rotatable bonds is 4. The van der Waals surface area contributed by atoms with Gasteiger partial charge in [0.05, 0.1) is 5.56 Å². The Morgan fingerprint density at radius 2 is 2.18 bits per heavy atom. The number of alkyl halides is 1. The monoisotopic (exact) mass is 359 g/mol. The fraction of sp³-hybridized carbons (Fsp3) is 0.462. The molecule has 0 spiro atoms. The van der Waals surface area contributed by atoms with Gasteiger partial charge in [0.2, 0.25) is 0 Å². The van der Waals surface area contributed by atoms with E-state index < -0.39 is 0 Å². The second kappa shape index (κ2) is 5.11. The molecule has 1 fully saturated rings. The molecular formula is C13H15Br2NO. The summed E-state index contributed by atoms with van der Waals surface area (Å²) in [7, 11) is 0. The van der Waals surface area contributed by atoms with Crippen molar-refractivity contribution in [3.05, 3.63) is 33.8 Å². The minimum absolute atomic E-state index is 0.00380. The number of hydrogen-bond donors (Lipinski definition) is 1. The van der Waals surface area contributed by atoms with Crippen LogP contribution in [-0.4, -0.2) is 17.8 Å². The first-order chi connectivity index (χ1) is 8.06. The predicted octanol–water partition coefficient (Wildman–Crippen LogP) is 3.66. The summed E-state index contributed by atoms with van der Waals surface area (Å²) in [5, 5.41) is 3.98. The van der Waals surface area contributed by atoms with Gasteiger partial charge in [0.25, 0.3) is 5.91 Å². The van der Waals surface area contributed by atoms with Crippen molar-refractivity contribution in [2.24, 2.45) is 5.41 Å². The number of hydrogen-bond acceptors (Lipinski definition) is 1. The van der Waals surface area contributed by atoms with Crippen LogP contribution in [0.1, 0.15) is 28.8 Å². The van der Waals surface area contributed by atoms with Gasteiger partial charge in [-0.2, -0.15) is 0 Å². The van der Waals surface area contributed by atoms with Gasteiger partial charge in [-0.3, -0.25) is 4.79 Å². The third-order valence-electron chi connectivity index (χ3n) is 3.23. The molecule has 0 saturated heterocycles. The van der Waals surface area contributed by atoms with Gasteiger partial charge in [-0.1, -0.05) is 22.0 Å². The lowest BCUT2D eigenvalue weighted by Gasteiger charge is -2.13. The van der Waals surface area contributed by atoms with E-state index in [1.54, 1.807) is 0 Å². The molecule has 2 rings (SSSR count). The molecule has 0 bridgehead atoms. The van der Waals surface area contributed by atoms with Crippen LogP contribution in [0.2, 0.25) is 0 Å². The van der Waals surface area contributed by atoms with Gasteiger partial charge in [-0.05, 0) is 58.8 Å². The zero-order chi connectivity index (χ0) is 12.5. The molecule has 2 nitrogen and oxygen atoms in total. The van der Waals surface area contributed by atoms with Crippen LogP contribution in [0.4, 0.5) is 0 Å². The molecule has 4 heteroatoms. The zero-order valence-corrected chi connectivity index (χ0v) is 12.9. The summed E-state index contributed by atoms with van der Waals surface area (Å²) in [6.07, 6.45) is 2.40. The predicted molar refractivity (Wildman–Crippen MR) is 76.7 cm³/mol. The fourth-order valence-corrected chi connectivity index (χ4v) is 3.13. The van der Waals surface area contributed by atoms with Crippen molar-refractivity contribution in [1.29, 1.82) is 0 Å². The number of carbonyl (C=O) groups is 1. The fourth-order valence-electron chi connectivity index (χ4n) is 1.70. The largest absolute Gasteiger partial charge is 0.351 e. The third kappa shape index (κ3) is 3.10. The van der Waals surface area contributed by atoms with Crippen LogP contribution < -0.4 is 5.32 Å². The maximum Gasteiger partial charge on any atom is 0.252 e. The van der Waals surface area contributed by atoms with Crippen molar-refractivity contribution in [2.45, 2.75) is 19.8 Å². The van der Waals surface area contributed by atoms with E-state index in [0.29, 0.717) is 11.0 Å². The van der Waals surface area contributed by atoms with Crippen LogP contribution in [-0.2, 0) is 0 Å². The molecular weight excluding hydrogens is 346 g/mol. The van der Waals surface area contributed by atoms with E-state index in [1.165, 1.54) is 12.8 Å². The van der Waals surface area contributed by atoms with Gasteiger partial charge in [0.15, 0.2) is 0 Å². The molecule has 1 amide bonds. The van der Waals surface area contributed by atoms with Crippen molar-refractivity contribution in [1.82, 2.24) is 5.32 Å². The molecule has 0 unspecified atom stereocenters. The van der Waals surface area contributed by atoms with Gasteiger partial charge in [-0.25, -0.2) is 0 Å². The van der Waals surface area contributed by atoms with Crippen molar-refractivity contribution < 1.29 is 4.79 Å². The van der Waals surface area contributed by atoms with Gasteiger partial charge in [-0.15, -0.1) is 0 Å². The normalized spacial score (nSPS) is 16.6. The minimum atomic E-state index is 0.00380. The second-order valence-electron chi connectivity index (χ2n) is 4.80. The Balaban J connectivity index is 2.00. The lowest BCUT2D eigenvalue weighted by Crippen LogP contribution is -2.31. The van der Waals surface area contributed by atoms with E-state index in [4.69, 9.17) is 0 Å². The number of halogens is 2. The Bertz CT molecular complexity index is 441. The number of carbonyl (C=O) groups excluding carboxylic acids is 1. The molecule has 1 aliphatic rings.